The van der Waals surface area contributed by atoms with Crippen molar-refractivity contribution in [2.75, 3.05) is 11.1 Å². The summed E-state index contributed by atoms with van der Waals surface area (Å²) >= 11 is 1.36. The first kappa shape index (κ1) is 18.6. The fourth-order valence-corrected chi connectivity index (χ4v) is 3.99. The third-order valence-corrected chi connectivity index (χ3v) is 5.45. The van der Waals surface area contributed by atoms with Crippen molar-refractivity contribution in [1.82, 2.24) is 14.8 Å². The minimum absolute atomic E-state index is 0.158. The van der Waals surface area contributed by atoms with Gasteiger partial charge >= 0.3 is 0 Å². The number of nitrogens with one attached hydrogen (secondary N) is 1. The molecule has 1 heterocycles. The highest BCUT2D eigenvalue weighted by molar-refractivity contribution is 7.99. The number of amides is 1. The molecule has 1 aromatic carbocycles. The first-order valence-corrected chi connectivity index (χ1v) is 9.88. The number of hydrogen-bond acceptors (Lipinski definition) is 4. The Morgan fingerprint density at radius 3 is 2.69 bits per heavy atom. The van der Waals surface area contributed by atoms with E-state index in [1.54, 1.807) is 12.1 Å². The maximum atomic E-state index is 12.9. The number of anilines is 1. The molecule has 1 aliphatic carbocycles. The van der Waals surface area contributed by atoms with Gasteiger partial charge in [-0.2, -0.15) is 0 Å². The Morgan fingerprint density at radius 1 is 1.27 bits per heavy atom. The zero-order valence-electron chi connectivity index (χ0n) is 14.7. The number of allylic oxidation sites excluding steroid dienone is 1. The summed E-state index contributed by atoms with van der Waals surface area (Å²) in [6.07, 6.45) is 7.87. The van der Waals surface area contributed by atoms with Crippen LogP contribution in [0.3, 0.4) is 0 Å². The normalized spacial score (nSPS) is 15.0. The standard InChI is InChI=1S/C19H23FN4OS/c1-2-12-24-18(14-6-4-3-5-7-14)22-23-19(24)26-13-17(25)21-16-10-8-15(20)9-11-16/h2,8-11,14H,1,3-7,12-13H2,(H,21,25). The van der Waals surface area contributed by atoms with Crippen LogP contribution in [0.15, 0.2) is 42.1 Å². The Bertz CT molecular complexity index is 753. The molecule has 5 nitrogen and oxygen atoms in total. The van der Waals surface area contributed by atoms with Crippen molar-refractivity contribution in [2.45, 2.75) is 49.7 Å². The van der Waals surface area contributed by atoms with Crippen LogP contribution in [0.2, 0.25) is 0 Å². The quantitative estimate of drug-likeness (QED) is 0.577. The zero-order chi connectivity index (χ0) is 18.4. The highest BCUT2D eigenvalue weighted by Gasteiger charge is 2.23. The van der Waals surface area contributed by atoms with E-state index in [0.29, 0.717) is 18.2 Å². The monoisotopic (exact) mass is 374 g/mol. The van der Waals surface area contributed by atoms with Crippen LogP contribution in [0.25, 0.3) is 0 Å². The van der Waals surface area contributed by atoms with Gasteiger partial charge in [0.15, 0.2) is 5.16 Å². The second kappa shape index (κ2) is 8.98. The van der Waals surface area contributed by atoms with Crippen molar-refractivity contribution >= 4 is 23.4 Å². The number of benzene rings is 1. The molecule has 0 bridgehead atoms. The lowest BCUT2D eigenvalue weighted by Gasteiger charge is -2.21. The predicted molar refractivity (Wildman–Crippen MR) is 102 cm³/mol. The van der Waals surface area contributed by atoms with Gasteiger partial charge < -0.3 is 9.88 Å². The van der Waals surface area contributed by atoms with E-state index in [1.807, 2.05) is 6.08 Å². The minimum Gasteiger partial charge on any atom is -0.325 e. The highest BCUT2D eigenvalue weighted by Crippen LogP contribution is 2.33. The van der Waals surface area contributed by atoms with Gasteiger partial charge in [-0.15, -0.1) is 16.8 Å². The van der Waals surface area contributed by atoms with Gasteiger partial charge in [0.1, 0.15) is 11.6 Å². The molecule has 138 valence electrons. The molecule has 1 saturated carbocycles. The second-order valence-corrected chi connectivity index (χ2v) is 7.36. The third kappa shape index (κ3) is 4.72. The molecule has 1 aromatic heterocycles. The van der Waals surface area contributed by atoms with Crippen LogP contribution in [0.1, 0.15) is 43.8 Å². The van der Waals surface area contributed by atoms with Gasteiger partial charge in [0, 0.05) is 18.2 Å². The average molecular weight is 374 g/mol. The van der Waals surface area contributed by atoms with Gasteiger partial charge in [-0.3, -0.25) is 4.79 Å². The van der Waals surface area contributed by atoms with E-state index >= 15 is 0 Å². The van der Waals surface area contributed by atoms with Gasteiger partial charge in [0.2, 0.25) is 5.91 Å². The molecular weight excluding hydrogens is 351 g/mol. The Hall–Kier alpha value is -2.15. The van der Waals surface area contributed by atoms with Crippen LogP contribution in [0, 0.1) is 5.82 Å². The number of thioether (sulfide) groups is 1. The summed E-state index contributed by atoms with van der Waals surface area (Å²) in [5.41, 5.74) is 0.576. The van der Waals surface area contributed by atoms with Crippen molar-refractivity contribution in [2.24, 2.45) is 0 Å². The first-order valence-electron chi connectivity index (χ1n) is 8.89. The highest BCUT2D eigenvalue weighted by atomic mass is 32.2. The molecule has 0 radical (unpaired) electrons. The molecule has 1 amide bonds. The van der Waals surface area contributed by atoms with Gasteiger partial charge in [0.25, 0.3) is 0 Å². The topological polar surface area (TPSA) is 59.8 Å². The molecule has 1 aliphatic rings. The van der Waals surface area contributed by atoms with E-state index in [1.165, 1.54) is 43.2 Å². The minimum atomic E-state index is -0.329. The lowest BCUT2D eigenvalue weighted by atomic mass is 9.89. The van der Waals surface area contributed by atoms with E-state index < -0.39 is 0 Å². The SMILES string of the molecule is C=CCn1c(SCC(=O)Nc2ccc(F)cc2)nnc1C1CCCCC1. The van der Waals surface area contributed by atoms with Crippen LogP contribution in [0.4, 0.5) is 10.1 Å². The molecule has 26 heavy (non-hydrogen) atoms. The molecule has 1 fully saturated rings. The number of aromatic nitrogens is 3. The summed E-state index contributed by atoms with van der Waals surface area (Å²) in [7, 11) is 0. The molecular formula is C19H23FN4OS. The summed E-state index contributed by atoms with van der Waals surface area (Å²) < 4.78 is 15.0. The zero-order valence-corrected chi connectivity index (χ0v) is 15.5. The lowest BCUT2D eigenvalue weighted by molar-refractivity contribution is -0.113. The number of halogens is 1. The maximum Gasteiger partial charge on any atom is 0.234 e. The van der Waals surface area contributed by atoms with Crippen molar-refractivity contribution in [3.05, 3.63) is 48.6 Å². The molecule has 0 spiro atoms. The van der Waals surface area contributed by atoms with E-state index in [0.717, 1.165) is 23.8 Å². The molecule has 1 N–H and O–H groups in total. The van der Waals surface area contributed by atoms with Gasteiger partial charge in [-0.05, 0) is 37.1 Å². The first-order chi connectivity index (χ1) is 12.7. The van der Waals surface area contributed by atoms with Gasteiger partial charge in [-0.25, -0.2) is 4.39 Å². The summed E-state index contributed by atoms with van der Waals surface area (Å²) in [5.74, 6) is 1.18. The van der Waals surface area contributed by atoms with Gasteiger partial charge in [-0.1, -0.05) is 37.1 Å². The predicted octanol–water partition coefficient (Wildman–Crippen LogP) is 4.38. The smallest absolute Gasteiger partial charge is 0.234 e. The number of carbonyl (C=O) groups excluding carboxylic acids is 1. The van der Waals surface area contributed by atoms with Crippen LogP contribution in [-0.2, 0) is 11.3 Å². The van der Waals surface area contributed by atoms with Crippen molar-refractivity contribution in [3.8, 4) is 0 Å². The Balaban J connectivity index is 1.63. The van der Waals surface area contributed by atoms with Crippen molar-refractivity contribution < 1.29 is 9.18 Å². The average Bonchev–Trinajstić information content (AvgIpc) is 3.06. The molecule has 2 aromatic rings. The van der Waals surface area contributed by atoms with Crippen LogP contribution < -0.4 is 5.32 Å². The Labute approximate surface area is 157 Å². The number of carbonyl (C=O) groups is 1. The molecule has 0 unspecified atom stereocenters. The van der Waals surface area contributed by atoms with Crippen molar-refractivity contribution in [3.63, 3.8) is 0 Å². The molecule has 0 atom stereocenters. The summed E-state index contributed by atoms with van der Waals surface area (Å²) in [6, 6.07) is 5.72. The van der Waals surface area contributed by atoms with Crippen LogP contribution in [0.5, 0.6) is 0 Å². The van der Waals surface area contributed by atoms with E-state index in [4.69, 9.17) is 0 Å². The molecule has 3 rings (SSSR count). The fourth-order valence-electron chi connectivity index (χ4n) is 3.23. The fraction of sp³-hybridized carbons (Fsp3) is 0.421. The van der Waals surface area contributed by atoms with E-state index in [-0.39, 0.29) is 17.5 Å². The summed E-state index contributed by atoms with van der Waals surface area (Å²) in [6.45, 7) is 4.47. The lowest BCUT2D eigenvalue weighted by Crippen LogP contribution is -2.15. The van der Waals surface area contributed by atoms with Crippen molar-refractivity contribution in [1.29, 1.82) is 0 Å². The molecule has 0 aliphatic heterocycles. The largest absolute Gasteiger partial charge is 0.325 e. The van der Waals surface area contributed by atoms with Gasteiger partial charge in [0.05, 0.1) is 5.75 Å². The molecule has 7 heteroatoms. The number of nitrogens with zero attached hydrogens (tertiary/aromatic N) is 3. The summed E-state index contributed by atoms with van der Waals surface area (Å²) in [5, 5.41) is 12.2. The maximum absolute atomic E-state index is 12.9. The third-order valence-electron chi connectivity index (χ3n) is 4.49. The van der Waals surface area contributed by atoms with E-state index in [9.17, 15) is 9.18 Å². The molecule has 0 saturated heterocycles. The van der Waals surface area contributed by atoms with Crippen LogP contribution >= 0.6 is 11.8 Å². The Kier molecular flexibility index (Phi) is 6.44. The number of rotatable bonds is 7. The van der Waals surface area contributed by atoms with E-state index in [2.05, 4.69) is 26.7 Å². The number of hydrogen-bond donors (Lipinski definition) is 1. The second-order valence-electron chi connectivity index (χ2n) is 6.42. The Morgan fingerprint density at radius 2 is 2.00 bits per heavy atom. The van der Waals surface area contributed by atoms with Crippen LogP contribution in [-0.4, -0.2) is 26.4 Å². The summed E-state index contributed by atoms with van der Waals surface area (Å²) in [4.78, 5) is 12.1.